The first kappa shape index (κ1) is 21.2. The van der Waals surface area contributed by atoms with Crippen molar-refractivity contribution in [3.05, 3.63) is 93.6 Å². The number of nitrogens with one attached hydrogen (secondary N) is 1. The second-order valence-electron chi connectivity index (χ2n) is 8.22. The van der Waals surface area contributed by atoms with Crippen molar-refractivity contribution in [2.45, 2.75) is 26.8 Å². The summed E-state index contributed by atoms with van der Waals surface area (Å²) in [5.41, 5.74) is 7.52. The summed E-state index contributed by atoms with van der Waals surface area (Å²) in [5.74, 6) is 0.566. The highest BCUT2D eigenvalue weighted by Gasteiger charge is 2.18. The van der Waals surface area contributed by atoms with Gasteiger partial charge in [0.05, 0.1) is 17.1 Å². The molecule has 5 nitrogen and oxygen atoms in total. The van der Waals surface area contributed by atoms with E-state index in [0.29, 0.717) is 11.4 Å². The van der Waals surface area contributed by atoms with Crippen molar-refractivity contribution in [2.24, 2.45) is 4.99 Å². The predicted molar refractivity (Wildman–Crippen MR) is 133 cm³/mol. The fraction of sp³-hybridized carbons (Fsp3) is 0.185. The molecule has 0 radical (unpaired) electrons. The van der Waals surface area contributed by atoms with Crippen molar-refractivity contribution in [1.82, 2.24) is 4.57 Å². The number of thiazole rings is 1. The number of hydrogen-bond acceptors (Lipinski definition) is 4. The first-order valence-corrected chi connectivity index (χ1v) is 11.9. The maximum absolute atomic E-state index is 11.8. The Morgan fingerprint density at radius 1 is 1.03 bits per heavy atom. The maximum Gasteiger partial charge on any atom is 0.262 e. The van der Waals surface area contributed by atoms with Gasteiger partial charge in [-0.15, -0.1) is 11.3 Å². The predicted octanol–water partition coefficient (Wildman–Crippen LogP) is 5.64. The van der Waals surface area contributed by atoms with Crippen molar-refractivity contribution in [1.29, 1.82) is 0 Å². The Morgan fingerprint density at radius 2 is 1.88 bits per heavy atom. The minimum absolute atomic E-state index is 0.0564. The molecule has 1 aliphatic rings. The molecule has 1 amide bonds. The summed E-state index contributed by atoms with van der Waals surface area (Å²) in [6.45, 7) is 5.08. The third-order valence-electron chi connectivity index (χ3n) is 5.89. The molecule has 5 rings (SSSR count). The van der Waals surface area contributed by atoms with Crippen LogP contribution < -0.4 is 14.9 Å². The first-order chi connectivity index (χ1) is 16.1. The number of rotatable bonds is 5. The van der Waals surface area contributed by atoms with Gasteiger partial charge in [-0.3, -0.25) is 4.79 Å². The number of fused-ring (bicyclic) bond motifs is 1. The molecule has 33 heavy (non-hydrogen) atoms. The summed E-state index contributed by atoms with van der Waals surface area (Å²) in [6, 6.07) is 22.7. The van der Waals surface area contributed by atoms with Crippen LogP contribution in [-0.4, -0.2) is 17.1 Å². The van der Waals surface area contributed by atoms with Gasteiger partial charge in [-0.1, -0.05) is 36.4 Å². The lowest BCUT2D eigenvalue weighted by Gasteiger charge is -2.19. The topological polar surface area (TPSA) is 55.6 Å². The van der Waals surface area contributed by atoms with E-state index in [-0.39, 0.29) is 12.5 Å². The molecule has 0 aliphatic carbocycles. The molecule has 0 saturated carbocycles. The average Bonchev–Trinajstić information content (AvgIpc) is 3.22. The molecule has 4 aromatic rings. The second-order valence-corrected chi connectivity index (χ2v) is 9.06. The Hall–Kier alpha value is -3.64. The van der Waals surface area contributed by atoms with Crippen molar-refractivity contribution in [3.8, 4) is 17.0 Å². The van der Waals surface area contributed by atoms with Crippen LogP contribution in [0.1, 0.15) is 16.7 Å². The SMILES string of the molecule is Cc1ccc(N=c2scc(-c3ccc4c(c3)NC(=O)CO4)n2CCc2ccccc2)cc1C. The molecule has 3 aromatic carbocycles. The van der Waals surface area contributed by atoms with Crippen molar-refractivity contribution < 1.29 is 9.53 Å². The fourth-order valence-electron chi connectivity index (χ4n) is 3.90. The van der Waals surface area contributed by atoms with E-state index in [1.165, 1.54) is 16.7 Å². The van der Waals surface area contributed by atoms with Crippen molar-refractivity contribution in [3.63, 3.8) is 0 Å². The summed E-state index contributed by atoms with van der Waals surface area (Å²) >= 11 is 1.63. The Bertz CT molecular complexity index is 1390. The summed E-state index contributed by atoms with van der Waals surface area (Å²) in [6.07, 6.45) is 0.898. The first-order valence-electron chi connectivity index (χ1n) is 11.0. The highest BCUT2D eigenvalue weighted by atomic mass is 32.1. The van der Waals surface area contributed by atoms with Gasteiger partial charge in [-0.25, -0.2) is 4.99 Å². The van der Waals surface area contributed by atoms with Crippen LogP contribution in [0, 0.1) is 13.8 Å². The lowest BCUT2D eigenvalue weighted by molar-refractivity contribution is -0.118. The van der Waals surface area contributed by atoms with Gasteiger partial charge < -0.3 is 14.6 Å². The number of ether oxygens (including phenoxy) is 1. The summed E-state index contributed by atoms with van der Waals surface area (Å²) in [5, 5.41) is 5.05. The monoisotopic (exact) mass is 455 g/mol. The Balaban J connectivity index is 1.57. The van der Waals surface area contributed by atoms with Crippen LogP contribution in [0.15, 0.2) is 77.1 Å². The van der Waals surface area contributed by atoms with Crippen LogP contribution in [0.2, 0.25) is 0 Å². The Labute approximate surface area is 197 Å². The number of aromatic nitrogens is 1. The van der Waals surface area contributed by atoms with E-state index in [1.54, 1.807) is 11.3 Å². The van der Waals surface area contributed by atoms with E-state index in [9.17, 15) is 4.79 Å². The van der Waals surface area contributed by atoms with Gasteiger partial charge >= 0.3 is 0 Å². The van der Waals surface area contributed by atoms with Crippen LogP contribution in [0.4, 0.5) is 11.4 Å². The zero-order chi connectivity index (χ0) is 22.8. The molecular weight excluding hydrogens is 430 g/mol. The van der Waals surface area contributed by atoms with Crippen LogP contribution in [0.25, 0.3) is 11.3 Å². The van der Waals surface area contributed by atoms with E-state index in [1.807, 2.05) is 24.3 Å². The highest BCUT2D eigenvalue weighted by molar-refractivity contribution is 7.07. The van der Waals surface area contributed by atoms with Crippen LogP contribution in [-0.2, 0) is 17.8 Å². The van der Waals surface area contributed by atoms with E-state index in [0.717, 1.165) is 34.7 Å². The van der Waals surface area contributed by atoms with Crippen LogP contribution in [0.3, 0.4) is 0 Å². The number of hydrogen-bond donors (Lipinski definition) is 1. The van der Waals surface area contributed by atoms with Gasteiger partial charge in [0.25, 0.3) is 5.91 Å². The molecule has 6 heteroatoms. The molecule has 1 aliphatic heterocycles. The molecule has 0 atom stereocenters. The maximum atomic E-state index is 11.8. The Morgan fingerprint density at radius 3 is 2.70 bits per heavy atom. The molecule has 0 unspecified atom stereocenters. The van der Waals surface area contributed by atoms with E-state index < -0.39 is 0 Å². The number of anilines is 1. The van der Waals surface area contributed by atoms with Gasteiger partial charge in [0.15, 0.2) is 11.4 Å². The molecule has 166 valence electrons. The molecule has 1 aromatic heterocycles. The zero-order valence-electron chi connectivity index (χ0n) is 18.7. The van der Waals surface area contributed by atoms with Crippen LogP contribution >= 0.6 is 11.3 Å². The van der Waals surface area contributed by atoms with Gasteiger partial charge in [0, 0.05) is 17.5 Å². The quantitative estimate of drug-likeness (QED) is 0.423. The number of carbonyl (C=O) groups is 1. The fourth-order valence-corrected chi connectivity index (χ4v) is 4.85. The molecule has 1 N–H and O–H groups in total. The lowest BCUT2D eigenvalue weighted by Crippen LogP contribution is -2.25. The number of nitrogens with zero attached hydrogens (tertiary/aromatic N) is 2. The normalized spacial score (nSPS) is 13.4. The number of carbonyl (C=O) groups excluding carboxylic acids is 1. The average molecular weight is 456 g/mol. The minimum Gasteiger partial charge on any atom is -0.482 e. The molecule has 0 bridgehead atoms. The number of benzene rings is 3. The largest absolute Gasteiger partial charge is 0.482 e. The minimum atomic E-state index is -0.132. The Kier molecular flexibility index (Phi) is 5.84. The van der Waals surface area contributed by atoms with Crippen molar-refractivity contribution >= 4 is 28.6 Å². The van der Waals surface area contributed by atoms with Gasteiger partial charge in [-0.2, -0.15) is 0 Å². The van der Waals surface area contributed by atoms with Gasteiger partial charge in [-0.05, 0) is 67.3 Å². The molecular formula is C27H25N3O2S. The molecule has 0 fully saturated rings. The third kappa shape index (κ3) is 4.61. The van der Waals surface area contributed by atoms with E-state index >= 15 is 0 Å². The third-order valence-corrected chi connectivity index (χ3v) is 6.75. The summed E-state index contributed by atoms with van der Waals surface area (Å²) in [7, 11) is 0. The molecule has 2 heterocycles. The van der Waals surface area contributed by atoms with E-state index in [4.69, 9.17) is 9.73 Å². The van der Waals surface area contributed by atoms with Crippen molar-refractivity contribution in [2.75, 3.05) is 11.9 Å². The van der Waals surface area contributed by atoms with Gasteiger partial charge in [0.1, 0.15) is 5.75 Å². The summed E-state index contributed by atoms with van der Waals surface area (Å²) < 4.78 is 7.80. The smallest absolute Gasteiger partial charge is 0.262 e. The summed E-state index contributed by atoms with van der Waals surface area (Å²) in [4.78, 5) is 17.7. The van der Waals surface area contributed by atoms with Gasteiger partial charge in [0.2, 0.25) is 0 Å². The lowest BCUT2D eigenvalue weighted by atomic mass is 10.1. The number of amides is 1. The van der Waals surface area contributed by atoms with E-state index in [2.05, 4.69) is 71.6 Å². The standard InChI is InChI=1S/C27H25N3O2S/c1-18-8-10-22(14-19(18)2)28-27-30(13-12-20-6-4-3-5-7-20)24(17-33-27)21-9-11-25-23(15-21)29-26(31)16-32-25/h3-11,14-15,17H,12-13,16H2,1-2H3,(H,29,31). The molecule has 0 spiro atoms. The zero-order valence-corrected chi connectivity index (χ0v) is 19.5. The highest BCUT2D eigenvalue weighted by Crippen LogP contribution is 2.33. The second kappa shape index (κ2) is 9.08. The van der Waals surface area contributed by atoms with Crippen LogP contribution in [0.5, 0.6) is 5.75 Å². The molecule has 0 saturated heterocycles. The number of aryl methyl sites for hydroxylation is 3.